The molecule has 0 radical (unpaired) electrons. The minimum Gasteiger partial charge on any atom is -0.508 e. The summed E-state index contributed by atoms with van der Waals surface area (Å²) in [4.78, 5) is 71.5. The molecule has 11 N–H and O–H groups in total. The van der Waals surface area contributed by atoms with Gasteiger partial charge in [-0.1, -0.05) is 12.1 Å². The highest BCUT2D eigenvalue weighted by Gasteiger charge is 2.30. The van der Waals surface area contributed by atoms with Crippen molar-refractivity contribution in [1.29, 1.82) is 0 Å². The maximum absolute atomic E-state index is 12.6. The van der Waals surface area contributed by atoms with Gasteiger partial charge >= 0.3 is 11.9 Å². The number of carboxylic acid groups (broad SMARTS) is 2. The van der Waals surface area contributed by atoms with E-state index in [1.165, 1.54) is 24.3 Å². The number of phenolic OH excluding ortho intramolecular Hbond substituents is 1. The molecule has 0 aliphatic carbocycles. The van der Waals surface area contributed by atoms with Crippen LogP contribution in [0.4, 0.5) is 0 Å². The SMILES string of the molecule is C[C@@H](O)[C@H](NC(=O)CNC(=O)[C@H](CC(=O)O)NC(=O)[C@H](CO)NC(=O)[C@@H](N)Cc1ccc(O)cc1)C(=O)O. The lowest BCUT2D eigenvalue weighted by molar-refractivity contribution is -0.145. The topological polar surface area (TPSA) is 278 Å². The van der Waals surface area contributed by atoms with Gasteiger partial charge in [0, 0.05) is 0 Å². The average molecular weight is 542 g/mol. The predicted octanol–water partition coefficient (Wildman–Crippen LogP) is -4.23. The second-order valence-electron chi connectivity index (χ2n) is 8.22. The Balaban J connectivity index is 2.76. The van der Waals surface area contributed by atoms with E-state index in [4.69, 9.17) is 15.9 Å². The Morgan fingerprint density at radius 2 is 1.47 bits per heavy atom. The molecule has 5 atom stereocenters. The number of rotatable bonds is 15. The van der Waals surface area contributed by atoms with E-state index in [9.17, 15) is 44.1 Å². The number of carbonyl (C=O) groups excluding carboxylic acids is 4. The number of amides is 4. The normalized spacial score (nSPS) is 14.6. The standard InChI is InChI=1S/C22H31N5O11/c1-10(29)18(22(37)38)27-16(31)8-24-20(35)14(7-17(32)33)25-21(36)15(9-28)26-19(34)13(23)6-11-2-4-12(30)5-3-11/h2-5,10,13-15,18,28-30H,6-9,23H2,1H3,(H,24,35)(H,25,36)(H,26,34)(H,27,31)(H,32,33)(H,37,38)/t10-,13+,14+,15+,18+/m1/s1. The summed E-state index contributed by atoms with van der Waals surface area (Å²) in [6.45, 7) is -0.622. The smallest absolute Gasteiger partial charge is 0.328 e. The molecule has 4 amide bonds. The van der Waals surface area contributed by atoms with Gasteiger partial charge in [0.05, 0.1) is 31.7 Å². The van der Waals surface area contributed by atoms with Gasteiger partial charge < -0.3 is 52.5 Å². The van der Waals surface area contributed by atoms with Gasteiger partial charge in [0.15, 0.2) is 6.04 Å². The fraction of sp³-hybridized carbons (Fsp3) is 0.455. The number of carbonyl (C=O) groups is 6. The molecule has 1 aromatic rings. The first kappa shape index (κ1) is 31.7. The number of aliphatic hydroxyl groups excluding tert-OH is 2. The number of aliphatic hydroxyl groups is 2. The van der Waals surface area contributed by atoms with Crippen LogP contribution in [0.1, 0.15) is 18.9 Å². The fourth-order valence-electron chi connectivity index (χ4n) is 3.01. The molecular weight excluding hydrogens is 510 g/mol. The molecule has 0 spiro atoms. The Labute approximate surface area is 216 Å². The lowest BCUT2D eigenvalue weighted by Gasteiger charge is -2.22. The largest absolute Gasteiger partial charge is 0.508 e. The van der Waals surface area contributed by atoms with Crippen LogP contribution in [0.2, 0.25) is 0 Å². The van der Waals surface area contributed by atoms with Crippen molar-refractivity contribution in [1.82, 2.24) is 21.3 Å². The van der Waals surface area contributed by atoms with Crippen LogP contribution in [0.25, 0.3) is 0 Å². The third kappa shape index (κ3) is 10.8. The van der Waals surface area contributed by atoms with Crippen LogP contribution in [-0.2, 0) is 35.2 Å². The molecule has 1 rings (SSSR count). The summed E-state index contributed by atoms with van der Waals surface area (Å²) in [7, 11) is 0. The minimum absolute atomic E-state index is 0.00795. The zero-order valence-electron chi connectivity index (χ0n) is 20.3. The van der Waals surface area contributed by atoms with E-state index in [0.717, 1.165) is 6.92 Å². The lowest BCUT2D eigenvalue weighted by atomic mass is 10.1. The number of hydrogen-bond donors (Lipinski definition) is 10. The van der Waals surface area contributed by atoms with Crippen LogP contribution in [0.3, 0.4) is 0 Å². The van der Waals surface area contributed by atoms with E-state index in [2.05, 4.69) is 10.6 Å². The zero-order valence-corrected chi connectivity index (χ0v) is 20.3. The molecule has 38 heavy (non-hydrogen) atoms. The number of aliphatic carboxylic acids is 2. The van der Waals surface area contributed by atoms with Crippen LogP contribution < -0.4 is 27.0 Å². The molecule has 1 aromatic carbocycles. The predicted molar refractivity (Wildman–Crippen MR) is 127 cm³/mol. The van der Waals surface area contributed by atoms with E-state index >= 15 is 0 Å². The summed E-state index contributed by atoms with van der Waals surface area (Å²) in [5.41, 5.74) is 6.42. The van der Waals surface area contributed by atoms with Crippen molar-refractivity contribution < 1.29 is 54.3 Å². The Kier molecular flexibility index (Phi) is 12.6. The number of aromatic hydroxyl groups is 1. The van der Waals surface area contributed by atoms with E-state index in [-0.39, 0.29) is 12.2 Å². The van der Waals surface area contributed by atoms with Crippen molar-refractivity contribution in [3.05, 3.63) is 29.8 Å². The Morgan fingerprint density at radius 1 is 0.895 bits per heavy atom. The summed E-state index contributed by atoms with van der Waals surface area (Å²) in [6.07, 6.45) is -2.36. The summed E-state index contributed by atoms with van der Waals surface area (Å²) in [5.74, 6) is -7.14. The monoisotopic (exact) mass is 541 g/mol. The molecule has 0 bridgehead atoms. The van der Waals surface area contributed by atoms with Gasteiger partial charge in [0.1, 0.15) is 17.8 Å². The van der Waals surface area contributed by atoms with Gasteiger partial charge in [-0.2, -0.15) is 0 Å². The maximum atomic E-state index is 12.6. The van der Waals surface area contributed by atoms with Crippen molar-refractivity contribution in [2.45, 2.75) is 50.0 Å². The Morgan fingerprint density at radius 3 is 1.97 bits per heavy atom. The van der Waals surface area contributed by atoms with Crippen molar-refractivity contribution in [2.75, 3.05) is 13.2 Å². The number of hydrogen-bond acceptors (Lipinski definition) is 10. The van der Waals surface area contributed by atoms with Crippen LogP contribution in [0.15, 0.2) is 24.3 Å². The Hall–Kier alpha value is -4.28. The van der Waals surface area contributed by atoms with Crippen LogP contribution in [0.5, 0.6) is 5.75 Å². The molecule has 16 heteroatoms. The van der Waals surface area contributed by atoms with Crippen molar-refractivity contribution in [3.63, 3.8) is 0 Å². The van der Waals surface area contributed by atoms with E-state index in [0.29, 0.717) is 5.56 Å². The number of benzene rings is 1. The summed E-state index contributed by atoms with van der Waals surface area (Å²) in [5, 5.41) is 54.5. The summed E-state index contributed by atoms with van der Waals surface area (Å²) in [6, 6.07) is -0.338. The highest BCUT2D eigenvalue weighted by atomic mass is 16.4. The molecule has 210 valence electrons. The van der Waals surface area contributed by atoms with Gasteiger partial charge in [-0.15, -0.1) is 0 Å². The maximum Gasteiger partial charge on any atom is 0.328 e. The van der Waals surface area contributed by atoms with Gasteiger partial charge in [-0.25, -0.2) is 4.79 Å². The van der Waals surface area contributed by atoms with Gasteiger partial charge in [0.25, 0.3) is 0 Å². The molecule has 0 aliphatic rings. The third-order valence-corrected chi connectivity index (χ3v) is 5.04. The summed E-state index contributed by atoms with van der Waals surface area (Å²) >= 11 is 0. The number of carboxylic acids is 2. The quantitative estimate of drug-likeness (QED) is 0.101. The van der Waals surface area contributed by atoms with Gasteiger partial charge in [-0.05, 0) is 31.0 Å². The zero-order chi connectivity index (χ0) is 29.0. The van der Waals surface area contributed by atoms with Crippen molar-refractivity contribution in [3.8, 4) is 5.75 Å². The van der Waals surface area contributed by atoms with E-state index in [1.807, 2.05) is 10.6 Å². The van der Waals surface area contributed by atoms with Crippen LogP contribution in [-0.4, -0.2) is 105 Å². The first-order valence-electron chi connectivity index (χ1n) is 11.2. The highest BCUT2D eigenvalue weighted by molar-refractivity contribution is 5.96. The number of phenols is 1. The third-order valence-electron chi connectivity index (χ3n) is 5.04. The molecule has 16 nitrogen and oxygen atoms in total. The van der Waals surface area contributed by atoms with E-state index < -0.39 is 85.4 Å². The molecule has 0 aliphatic heterocycles. The van der Waals surface area contributed by atoms with Gasteiger partial charge in [0.2, 0.25) is 23.6 Å². The Bertz CT molecular complexity index is 1020. The average Bonchev–Trinajstić information content (AvgIpc) is 2.84. The molecular formula is C22H31N5O11. The van der Waals surface area contributed by atoms with Crippen molar-refractivity contribution >= 4 is 35.6 Å². The lowest BCUT2D eigenvalue weighted by Crippen LogP contribution is -2.58. The number of nitrogens with two attached hydrogens (primary N) is 1. The molecule has 0 saturated carbocycles. The minimum atomic E-state index is -1.74. The molecule has 0 aromatic heterocycles. The van der Waals surface area contributed by atoms with Gasteiger partial charge in [-0.3, -0.25) is 24.0 Å². The first-order chi connectivity index (χ1) is 17.7. The summed E-state index contributed by atoms with van der Waals surface area (Å²) < 4.78 is 0. The van der Waals surface area contributed by atoms with Crippen LogP contribution >= 0.6 is 0 Å². The molecule has 0 unspecified atom stereocenters. The second-order valence-corrected chi connectivity index (χ2v) is 8.22. The highest BCUT2D eigenvalue weighted by Crippen LogP contribution is 2.11. The molecule has 0 saturated heterocycles. The first-order valence-corrected chi connectivity index (χ1v) is 11.2. The van der Waals surface area contributed by atoms with E-state index in [1.54, 1.807) is 0 Å². The van der Waals surface area contributed by atoms with Crippen molar-refractivity contribution in [2.24, 2.45) is 5.73 Å². The molecule has 0 fully saturated rings. The second kappa shape index (κ2) is 15.1. The fourth-order valence-corrected chi connectivity index (χ4v) is 3.01. The molecule has 0 heterocycles. The van der Waals surface area contributed by atoms with Crippen LogP contribution in [0, 0.1) is 0 Å². The number of nitrogens with one attached hydrogen (secondary N) is 4.